The van der Waals surface area contributed by atoms with Crippen molar-refractivity contribution in [3.8, 4) is 0 Å². The van der Waals surface area contributed by atoms with E-state index in [2.05, 4.69) is 13.8 Å². The van der Waals surface area contributed by atoms with Gasteiger partial charge >= 0.3 is 0 Å². The minimum Gasteiger partial charge on any atom is -0.353 e. The van der Waals surface area contributed by atoms with Crippen LogP contribution in [0.4, 0.5) is 0 Å². The number of nitrogens with two attached hydrogens (primary N) is 1. The fraction of sp³-hybridized carbons (Fsp3) is 1.00. The molecule has 0 aromatic carbocycles. The normalized spacial score (nSPS) is 24.5. The van der Waals surface area contributed by atoms with Gasteiger partial charge in [0.25, 0.3) is 0 Å². The lowest BCUT2D eigenvalue weighted by atomic mass is 9.94. The van der Waals surface area contributed by atoms with Crippen LogP contribution in [0.2, 0.25) is 0 Å². The van der Waals surface area contributed by atoms with Gasteiger partial charge in [0.15, 0.2) is 6.29 Å². The maximum Gasteiger partial charge on any atom is 0.158 e. The van der Waals surface area contributed by atoms with Crippen LogP contribution in [0.15, 0.2) is 0 Å². The fourth-order valence-electron chi connectivity index (χ4n) is 2.42. The first kappa shape index (κ1) is 14.9. The number of hydrogen-bond acceptors (Lipinski definition) is 3. The Morgan fingerprint density at radius 1 is 1.29 bits per heavy atom. The van der Waals surface area contributed by atoms with Crippen molar-refractivity contribution in [1.82, 2.24) is 0 Å². The zero-order valence-electron chi connectivity index (χ0n) is 11.5. The summed E-state index contributed by atoms with van der Waals surface area (Å²) in [6, 6.07) is 0. The Kier molecular flexibility index (Phi) is 7.09. The zero-order chi connectivity index (χ0) is 12.6. The van der Waals surface area contributed by atoms with E-state index in [1.54, 1.807) is 0 Å². The highest BCUT2D eigenvalue weighted by atomic mass is 16.7. The van der Waals surface area contributed by atoms with Crippen molar-refractivity contribution in [1.29, 1.82) is 0 Å². The van der Waals surface area contributed by atoms with Crippen LogP contribution in [0, 0.1) is 0 Å². The Hall–Kier alpha value is -0.120. The summed E-state index contributed by atoms with van der Waals surface area (Å²) < 4.78 is 11.8. The van der Waals surface area contributed by atoms with Crippen LogP contribution in [-0.4, -0.2) is 25.0 Å². The second-order valence-corrected chi connectivity index (χ2v) is 5.36. The van der Waals surface area contributed by atoms with Crippen LogP contribution in [0.1, 0.15) is 65.2 Å². The molecule has 1 saturated heterocycles. The molecule has 2 unspecified atom stereocenters. The summed E-state index contributed by atoms with van der Waals surface area (Å²) in [5, 5.41) is 0. The summed E-state index contributed by atoms with van der Waals surface area (Å²) in [4.78, 5) is 0. The van der Waals surface area contributed by atoms with Gasteiger partial charge in [-0.3, -0.25) is 0 Å². The third-order valence-electron chi connectivity index (χ3n) is 3.54. The lowest BCUT2D eigenvalue weighted by molar-refractivity contribution is -0.223. The van der Waals surface area contributed by atoms with Gasteiger partial charge in [0, 0.05) is 6.61 Å². The second-order valence-electron chi connectivity index (χ2n) is 5.36. The molecule has 0 radical (unpaired) electrons. The molecule has 0 saturated carbocycles. The molecule has 1 aliphatic heterocycles. The quantitative estimate of drug-likeness (QED) is 0.666. The topological polar surface area (TPSA) is 44.5 Å². The summed E-state index contributed by atoms with van der Waals surface area (Å²) >= 11 is 0. The Morgan fingerprint density at radius 2 is 2.12 bits per heavy atom. The Morgan fingerprint density at radius 3 is 2.71 bits per heavy atom. The van der Waals surface area contributed by atoms with Crippen molar-refractivity contribution in [3.63, 3.8) is 0 Å². The monoisotopic (exact) mass is 243 g/mol. The van der Waals surface area contributed by atoms with E-state index >= 15 is 0 Å². The summed E-state index contributed by atoms with van der Waals surface area (Å²) in [5.74, 6) is 0. The fourth-order valence-corrected chi connectivity index (χ4v) is 2.42. The highest BCUT2D eigenvalue weighted by Gasteiger charge is 2.29. The molecular weight excluding hydrogens is 214 g/mol. The van der Waals surface area contributed by atoms with Crippen LogP contribution in [0.25, 0.3) is 0 Å². The van der Waals surface area contributed by atoms with Gasteiger partial charge < -0.3 is 15.2 Å². The summed E-state index contributed by atoms with van der Waals surface area (Å²) in [6.45, 7) is 5.95. The molecule has 0 aromatic heterocycles. The molecule has 1 rings (SSSR count). The third-order valence-corrected chi connectivity index (χ3v) is 3.54. The average molecular weight is 243 g/mol. The first-order chi connectivity index (χ1) is 8.20. The van der Waals surface area contributed by atoms with Crippen molar-refractivity contribution < 1.29 is 9.47 Å². The largest absolute Gasteiger partial charge is 0.353 e. The van der Waals surface area contributed by atoms with Crippen LogP contribution in [0.5, 0.6) is 0 Å². The van der Waals surface area contributed by atoms with Crippen molar-refractivity contribution in [2.75, 3.05) is 13.2 Å². The molecule has 1 aliphatic rings. The van der Waals surface area contributed by atoms with Crippen LogP contribution >= 0.6 is 0 Å². The van der Waals surface area contributed by atoms with E-state index in [-0.39, 0.29) is 11.9 Å². The number of rotatable bonds is 8. The van der Waals surface area contributed by atoms with Gasteiger partial charge in [0.05, 0.1) is 5.60 Å². The molecule has 3 heteroatoms. The van der Waals surface area contributed by atoms with Crippen LogP contribution < -0.4 is 5.73 Å². The van der Waals surface area contributed by atoms with Gasteiger partial charge in [-0.05, 0) is 45.6 Å². The van der Waals surface area contributed by atoms with Gasteiger partial charge in [-0.2, -0.15) is 0 Å². The first-order valence-corrected chi connectivity index (χ1v) is 7.19. The summed E-state index contributed by atoms with van der Waals surface area (Å²) in [5.41, 5.74) is 5.61. The Balaban J connectivity index is 2.38. The lowest BCUT2D eigenvalue weighted by Gasteiger charge is -2.35. The number of unbranched alkanes of at least 4 members (excludes halogenated alkanes) is 2. The summed E-state index contributed by atoms with van der Waals surface area (Å²) in [6.07, 6.45) is 9.19. The molecule has 0 spiro atoms. The van der Waals surface area contributed by atoms with Crippen LogP contribution in [-0.2, 0) is 9.47 Å². The van der Waals surface area contributed by atoms with E-state index in [1.807, 2.05) is 0 Å². The Bertz CT molecular complexity index is 193. The van der Waals surface area contributed by atoms with Crippen molar-refractivity contribution in [3.05, 3.63) is 0 Å². The number of hydrogen-bond donors (Lipinski definition) is 1. The molecule has 1 fully saturated rings. The molecule has 0 aliphatic carbocycles. The van der Waals surface area contributed by atoms with E-state index in [9.17, 15) is 0 Å². The minimum atomic E-state index is -0.0913. The lowest BCUT2D eigenvalue weighted by Crippen LogP contribution is -2.38. The van der Waals surface area contributed by atoms with Gasteiger partial charge in [-0.25, -0.2) is 0 Å². The van der Waals surface area contributed by atoms with Gasteiger partial charge in [0.1, 0.15) is 0 Å². The summed E-state index contributed by atoms with van der Waals surface area (Å²) in [7, 11) is 0. The standard InChI is InChI=1S/C14H29NO2/c1-3-4-6-9-14(2,10-11-15)17-13-8-5-7-12-16-13/h13H,3-12,15H2,1-2H3. The van der Waals surface area contributed by atoms with Crippen molar-refractivity contribution in [2.24, 2.45) is 5.73 Å². The van der Waals surface area contributed by atoms with Crippen molar-refractivity contribution >= 4 is 0 Å². The average Bonchev–Trinajstić information content (AvgIpc) is 2.31. The molecule has 2 atom stereocenters. The number of ether oxygens (including phenoxy) is 2. The maximum atomic E-state index is 6.16. The smallest absolute Gasteiger partial charge is 0.158 e. The van der Waals surface area contributed by atoms with E-state index in [1.165, 1.54) is 32.1 Å². The van der Waals surface area contributed by atoms with E-state index in [4.69, 9.17) is 15.2 Å². The molecule has 17 heavy (non-hydrogen) atoms. The van der Waals surface area contributed by atoms with Gasteiger partial charge in [-0.1, -0.05) is 26.2 Å². The maximum absolute atomic E-state index is 6.16. The SMILES string of the molecule is CCCCCC(C)(CCN)OC1CCCCO1. The van der Waals surface area contributed by atoms with Gasteiger partial charge in [-0.15, -0.1) is 0 Å². The van der Waals surface area contributed by atoms with E-state index < -0.39 is 0 Å². The molecular formula is C14H29NO2. The van der Waals surface area contributed by atoms with E-state index in [0.717, 1.165) is 25.9 Å². The van der Waals surface area contributed by atoms with E-state index in [0.29, 0.717) is 6.54 Å². The zero-order valence-corrected chi connectivity index (χ0v) is 11.5. The molecule has 0 aromatic rings. The molecule has 0 amide bonds. The molecule has 0 bridgehead atoms. The second kappa shape index (κ2) is 8.06. The predicted molar refractivity (Wildman–Crippen MR) is 70.9 cm³/mol. The highest BCUT2D eigenvalue weighted by Crippen LogP contribution is 2.28. The van der Waals surface area contributed by atoms with Crippen LogP contribution in [0.3, 0.4) is 0 Å². The first-order valence-electron chi connectivity index (χ1n) is 7.19. The van der Waals surface area contributed by atoms with Crippen molar-refractivity contribution in [2.45, 2.75) is 77.1 Å². The third kappa shape index (κ3) is 5.84. The molecule has 1 heterocycles. The highest BCUT2D eigenvalue weighted by molar-refractivity contribution is 4.77. The van der Waals surface area contributed by atoms with Gasteiger partial charge in [0.2, 0.25) is 0 Å². The molecule has 3 nitrogen and oxygen atoms in total. The molecule has 2 N–H and O–H groups in total. The minimum absolute atomic E-state index is 0.00178. The molecule has 102 valence electrons. The Labute approximate surface area is 106 Å². The predicted octanol–water partition coefficient (Wildman–Crippen LogP) is 3.22.